The van der Waals surface area contributed by atoms with E-state index in [0.29, 0.717) is 12.2 Å². The first-order valence-electron chi connectivity index (χ1n) is 4.85. The molecule has 7 nitrogen and oxygen atoms in total. The first kappa shape index (κ1) is 10.5. The molecule has 0 N–H and O–H groups in total. The summed E-state index contributed by atoms with van der Waals surface area (Å²) in [4.78, 5) is 27.5. The first-order valence-corrected chi connectivity index (χ1v) is 4.85. The summed E-state index contributed by atoms with van der Waals surface area (Å²) in [6.45, 7) is 1.87. The normalized spacial score (nSPS) is 10.9. The minimum Gasteiger partial charge on any atom is -0.278 e. The molecule has 0 radical (unpaired) electrons. The smallest absolute Gasteiger partial charge is 0.278 e. The lowest BCUT2D eigenvalue weighted by Crippen LogP contribution is -2.38. The fourth-order valence-corrected chi connectivity index (χ4v) is 1.43. The number of rotatable bonds is 1. The third-order valence-corrected chi connectivity index (χ3v) is 2.43. The predicted molar refractivity (Wildman–Crippen MR) is 57.2 cm³/mol. The van der Waals surface area contributed by atoms with E-state index in [-0.39, 0.29) is 11.2 Å². The van der Waals surface area contributed by atoms with E-state index in [9.17, 15) is 9.59 Å². The molecule has 2 rings (SSSR count). The zero-order valence-corrected chi connectivity index (χ0v) is 9.26. The monoisotopic (exact) mass is 221 g/mol. The summed E-state index contributed by atoms with van der Waals surface area (Å²) in [5, 5.41) is 7.68. The van der Waals surface area contributed by atoms with Crippen molar-refractivity contribution in [3.63, 3.8) is 0 Å². The van der Waals surface area contributed by atoms with Crippen LogP contribution in [0.2, 0.25) is 0 Å². The van der Waals surface area contributed by atoms with E-state index in [0.717, 1.165) is 4.57 Å². The summed E-state index contributed by atoms with van der Waals surface area (Å²) in [6, 6.07) is 0. The summed E-state index contributed by atoms with van der Waals surface area (Å²) in [5.41, 5.74) is -0.484. The second-order valence-electron chi connectivity index (χ2n) is 3.46. The molecule has 0 aliphatic carbocycles. The van der Waals surface area contributed by atoms with Crippen LogP contribution in [-0.2, 0) is 20.5 Å². The van der Waals surface area contributed by atoms with Gasteiger partial charge in [-0.3, -0.25) is 13.9 Å². The van der Waals surface area contributed by atoms with Gasteiger partial charge < -0.3 is 0 Å². The van der Waals surface area contributed by atoms with E-state index < -0.39 is 11.2 Å². The summed E-state index contributed by atoms with van der Waals surface area (Å²) in [6.07, 6.45) is 0.592. The average Bonchev–Trinajstić information content (AvgIpc) is 2.33. The fourth-order valence-electron chi connectivity index (χ4n) is 1.43. The van der Waals surface area contributed by atoms with Crippen LogP contribution in [0.3, 0.4) is 0 Å². The van der Waals surface area contributed by atoms with E-state index in [1.165, 1.54) is 18.7 Å². The molecule has 0 amide bonds. The van der Waals surface area contributed by atoms with Crippen LogP contribution in [0, 0.1) is 0 Å². The Hall–Kier alpha value is -2.05. The topological polar surface area (TPSA) is 82.7 Å². The minimum absolute atomic E-state index is 0.177. The molecule has 0 saturated heterocycles. The summed E-state index contributed by atoms with van der Waals surface area (Å²) in [7, 11) is 2.95. The van der Waals surface area contributed by atoms with Gasteiger partial charge in [0.15, 0.2) is 17.0 Å². The third kappa shape index (κ3) is 1.32. The van der Waals surface area contributed by atoms with Gasteiger partial charge in [-0.05, 0) is 0 Å². The molecule has 2 aromatic heterocycles. The number of aromatic nitrogens is 5. The SMILES string of the molecule is CCc1nnc2c(n1)c(=O)n(C)c(=O)n2C. The molecule has 0 spiro atoms. The van der Waals surface area contributed by atoms with E-state index in [1.54, 1.807) is 0 Å². The number of fused-ring (bicyclic) bond motifs is 1. The average molecular weight is 221 g/mol. The highest BCUT2D eigenvalue weighted by Gasteiger charge is 2.11. The zero-order valence-electron chi connectivity index (χ0n) is 9.26. The highest BCUT2D eigenvalue weighted by atomic mass is 16.2. The highest BCUT2D eigenvalue weighted by Crippen LogP contribution is 1.99. The Balaban J connectivity index is 3.03. The van der Waals surface area contributed by atoms with Gasteiger partial charge in [-0.25, -0.2) is 9.78 Å². The van der Waals surface area contributed by atoms with Gasteiger partial charge in [-0.1, -0.05) is 6.92 Å². The maximum absolute atomic E-state index is 11.8. The van der Waals surface area contributed by atoms with Crippen LogP contribution in [0.25, 0.3) is 11.2 Å². The molecule has 16 heavy (non-hydrogen) atoms. The van der Waals surface area contributed by atoms with Crippen molar-refractivity contribution in [3.05, 3.63) is 26.7 Å². The van der Waals surface area contributed by atoms with Gasteiger partial charge in [0.25, 0.3) is 5.56 Å². The molecule has 0 aliphatic rings. The van der Waals surface area contributed by atoms with Gasteiger partial charge >= 0.3 is 5.69 Å². The van der Waals surface area contributed by atoms with Crippen LogP contribution < -0.4 is 11.2 Å². The molecule has 0 bridgehead atoms. The van der Waals surface area contributed by atoms with E-state index >= 15 is 0 Å². The number of nitrogens with zero attached hydrogens (tertiary/aromatic N) is 5. The van der Waals surface area contributed by atoms with Crippen molar-refractivity contribution < 1.29 is 0 Å². The number of hydrogen-bond donors (Lipinski definition) is 0. The molecule has 2 heterocycles. The van der Waals surface area contributed by atoms with Crippen LogP contribution in [-0.4, -0.2) is 24.3 Å². The second kappa shape index (κ2) is 3.51. The first-order chi connectivity index (χ1) is 7.56. The maximum Gasteiger partial charge on any atom is 0.332 e. The lowest BCUT2D eigenvalue weighted by molar-refractivity contribution is 0.693. The highest BCUT2D eigenvalue weighted by molar-refractivity contribution is 5.67. The Kier molecular flexibility index (Phi) is 2.30. The van der Waals surface area contributed by atoms with Crippen molar-refractivity contribution in [3.8, 4) is 0 Å². The Morgan fingerprint density at radius 1 is 1.12 bits per heavy atom. The summed E-state index contributed by atoms with van der Waals surface area (Å²) in [5.74, 6) is 0.489. The van der Waals surface area contributed by atoms with Gasteiger partial charge in [-0.15, -0.1) is 10.2 Å². The molecule has 0 aliphatic heterocycles. The van der Waals surface area contributed by atoms with Crippen molar-refractivity contribution in [1.29, 1.82) is 0 Å². The van der Waals surface area contributed by atoms with Gasteiger partial charge in [0.2, 0.25) is 0 Å². The van der Waals surface area contributed by atoms with Crippen molar-refractivity contribution in [1.82, 2.24) is 24.3 Å². The van der Waals surface area contributed by atoms with Crippen LogP contribution in [0.15, 0.2) is 9.59 Å². The lowest BCUT2D eigenvalue weighted by Gasteiger charge is -2.05. The Labute approximate surface area is 90.4 Å². The van der Waals surface area contributed by atoms with Crippen molar-refractivity contribution in [2.24, 2.45) is 14.1 Å². The molecule has 0 saturated carbocycles. The van der Waals surface area contributed by atoms with E-state index in [2.05, 4.69) is 15.2 Å². The van der Waals surface area contributed by atoms with Crippen LogP contribution >= 0.6 is 0 Å². The molecule has 0 fully saturated rings. The van der Waals surface area contributed by atoms with E-state index in [1.807, 2.05) is 6.92 Å². The van der Waals surface area contributed by atoms with Gasteiger partial charge in [0.05, 0.1) is 0 Å². The molecular formula is C9H11N5O2. The van der Waals surface area contributed by atoms with Crippen LogP contribution in [0.5, 0.6) is 0 Å². The van der Waals surface area contributed by atoms with Crippen molar-refractivity contribution in [2.75, 3.05) is 0 Å². The van der Waals surface area contributed by atoms with Gasteiger partial charge in [0.1, 0.15) is 0 Å². The zero-order chi connectivity index (χ0) is 11.9. The lowest BCUT2D eigenvalue weighted by atomic mass is 10.4. The van der Waals surface area contributed by atoms with Crippen molar-refractivity contribution in [2.45, 2.75) is 13.3 Å². The standard InChI is InChI=1S/C9H11N5O2/c1-4-5-10-6-7(12-11-5)13(2)9(16)14(3)8(6)15/h4H2,1-3H3. The van der Waals surface area contributed by atoms with Gasteiger partial charge in [-0.2, -0.15) is 0 Å². The predicted octanol–water partition coefficient (Wildman–Crippen LogP) is -1.02. The molecular weight excluding hydrogens is 210 g/mol. The largest absolute Gasteiger partial charge is 0.332 e. The molecule has 0 atom stereocenters. The van der Waals surface area contributed by atoms with Crippen LogP contribution in [0.1, 0.15) is 12.7 Å². The quantitative estimate of drug-likeness (QED) is 0.615. The molecule has 2 aromatic rings. The molecule has 7 heteroatoms. The molecule has 0 unspecified atom stereocenters. The number of aryl methyl sites for hydroxylation is 2. The van der Waals surface area contributed by atoms with Crippen molar-refractivity contribution >= 4 is 11.2 Å². The minimum atomic E-state index is -0.442. The maximum atomic E-state index is 11.8. The van der Waals surface area contributed by atoms with Crippen LogP contribution in [0.4, 0.5) is 0 Å². The third-order valence-electron chi connectivity index (χ3n) is 2.43. The Morgan fingerprint density at radius 2 is 1.81 bits per heavy atom. The molecule has 0 aromatic carbocycles. The number of hydrogen-bond acceptors (Lipinski definition) is 5. The fraction of sp³-hybridized carbons (Fsp3) is 0.444. The molecule has 84 valence electrons. The van der Waals surface area contributed by atoms with Gasteiger partial charge in [0, 0.05) is 20.5 Å². The Morgan fingerprint density at radius 3 is 2.44 bits per heavy atom. The summed E-state index contributed by atoms with van der Waals surface area (Å²) >= 11 is 0. The Bertz CT molecular complexity index is 670. The van der Waals surface area contributed by atoms with E-state index in [4.69, 9.17) is 0 Å². The second-order valence-corrected chi connectivity index (χ2v) is 3.46. The summed E-state index contributed by atoms with van der Waals surface area (Å²) < 4.78 is 2.27.